The van der Waals surface area contributed by atoms with Gasteiger partial charge in [0.15, 0.2) is 11.5 Å². The average Bonchev–Trinajstić information content (AvgIpc) is 3.51. The lowest BCUT2D eigenvalue weighted by Gasteiger charge is -2.10. The summed E-state index contributed by atoms with van der Waals surface area (Å²) < 4.78 is 14.1. The van der Waals surface area contributed by atoms with Crippen molar-refractivity contribution < 1.29 is 9.18 Å². The average molecular weight is 522 g/mol. The molecule has 0 aliphatic carbocycles. The quantitative estimate of drug-likeness (QED) is 0.293. The van der Waals surface area contributed by atoms with Gasteiger partial charge >= 0.3 is 0 Å². The van der Waals surface area contributed by atoms with E-state index in [1.165, 1.54) is 12.1 Å². The van der Waals surface area contributed by atoms with E-state index in [1.807, 2.05) is 45.3 Å². The lowest BCUT2D eigenvalue weighted by molar-refractivity contribution is -0.116. The van der Waals surface area contributed by atoms with Crippen LogP contribution in [0.2, 0.25) is 0 Å². The Kier molecular flexibility index (Phi) is 6.04. The second kappa shape index (κ2) is 9.69. The van der Waals surface area contributed by atoms with Gasteiger partial charge in [-0.3, -0.25) is 19.9 Å². The van der Waals surface area contributed by atoms with Crippen molar-refractivity contribution in [2.24, 2.45) is 0 Å². The largest absolute Gasteiger partial charge is 0.336 e. The molecule has 5 aromatic heterocycles. The summed E-state index contributed by atoms with van der Waals surface area (Å²) in [5.74, 6) is 0.0736. The van der Waals surface area contributed by atoms with E-state index < -0.39 is 0 Å². The number of aryl methyl sites for hydroxylation is 1. The Morgan fingerprint density at radius 2 is 1.85 bits per heavy atom. The molecule has 0 unspecified atom stereocenters. The molecular weight excluding hydrogens is 497 g/mol. The third kappa shape index (κ3) is 4.82. The van der Waals surface area contributed by atoms with Gasteiger partial charge in [0.05, 0.1) is 35.0 Å². The van der Waals surface area contributed by atoms with Crippen LogP contribution in [0.4, 0.5) is 10.1 Å². The van der Waals surface area contributed by atoms with E-state index >= 15 is 0 Å². The number of carbonyl (C=O) groups is 1. The lowest BCUT2D eigenvalue weighted by Crippen LogP contribution is -2.27. The summed E-state index contributed by atoms with van der Waals surface area (Å²) in [5, 5.41) is 11.1. The number of aromatic nitrogens is 7. The molecule has 0 aliphatic heterocycles. The molecule has 0 aliphatic rings. The summed E-state index contributed by atoms with van der Waals surface area (Å²) in [6.45, 7) is 2.11. The minimum absolute atomic E-state index is 0.128. The number of halogens is 1. The van der Waals surface area contributed by atoms with Crippen LogP contribution in [0, 0.1) is 12.7 Å². The zero-order valence-electron chi connectivity index (χ0n) is 21.5. The monoisotopic (exact) mass is 521 g/mol. The summed E-state index contributed by atoms with van der Waals surface area (Å²) in [6, 6.07) is 10.4. The van der Waals surface area contributed by atoms with E-state index in [0.29, 0.717) is 39.6 Å². The molecule has 0 saturated carbocycles. The van der Waals surface area contributed by atoms with Crippen molar-refractivity contribution >= 4 is 33.7 Å². The number of likely N-dealkylation sites (N-methyl/N-ethyl adjacent to an activating group) is 1. The Bertz CT molecular complexity index is 1840. The second-order valence-corrected chi connectivity index (χ2v) is 9.60. The maximum absolute atomic E-state index is 14.1. The summed E-state index contributed by atoms with van der Waals surface area (Å²) in [6.07, 6.45) is 6.70. The smallest absolute Gasteiger partial charge is 0.238 e. The number of hydrogen-bond donors (Lipinski definition) is 3. The van der Waals surface area contributed by atoms with Gasteiger partial charge in [0.1, 0.15) is 17.0 Å². The first-order valence-corrected chi connectivity index (χ1v) is 12.2. The van der Waals surface area contributed by atoms with Crippen LogP contribution in [0.25, 0.3) is 56.0 Å². The molecule has 0 saturated heterocycles. The summed E-state index contributed by atoms with van der Waals surface area (Å²) in [5.41, 5.74) is 6.76. The maximum Gasteiger partial charge on any atom is 0.238 e. The third-order valence-corrected chi connectivity index (χ3v) is 6.17. The molecular formula is C28H24FN9O. The fourth-order valence-electron chi connectivity index (χ4n) is 4.53. The van der Waals surface area contributed by atoms with Crippen LogP contribution < -0.4 is 5.32 Å². The molecule has 39 heavy (non-hydrogen) atoms. The molecule has 1 amide bonds. The molecule has 194 valence electrons. The van der Waals surface area contributed by atoms with Crippen molar-refractivity contribution in [2.45, 2.75) is 6.92 Å². The zero-order valence-corrected chi connectivity index (χ0v) is 21.5. The predicted octanol–water partition coefficient (Wildman–Crippen LogP) is 4.57. The summed E-state index contributed by atoms with van der Waals surface area (Å²) in [7, 11) is 3.67. The molecule has 0 radical (unpaired) electrons. The SMILES string of the molecule is Cc1cc(F)cc(-c2nccc3[nH]c(-c4n[nH]c5ncc(-c6cncc(NC(=O)CN(C)C)c6)cc45)nc23)c1. The Morgan fingerprint density at radius 3 is 2.67 bits per heavy atom. The number of imidazole rings is 1. The van der Waals surface area contributed by atoms with Gasteiger partial charge < -0.3 is 15.2 Å². The Hall–Kier alpha value is -5.03. The van der Waals surface area contributed by atoms with Crippen molar-refractivity contribution in [1.82, 2.24) is 40.0 Å². The van der Waals surface area contributed by atoms with Crippen LogP contribution in [0.3, 0.4) is 0 Å². The molecule has 0 bridgehead atoms. The van der Waals surface area contributed by atoms with Crippen LogP contribution in [-0.4, -0.2) is 66.6 Å². The molecule has 1 aromatic carbocycles. The van der Waals surface area contributed by atoms with Crippen molar-refractivity contribution in [1.29, 1.82) is 0 Å². The van der Waals surface area contributed by atoms with Gasteiger partial charge in [-0.25, -0.2) is 14.4 Å². The first kappa shape index (κ1) is 24.3. The van der Waals surface area contributed by atoms with E-state index in [1.54, 1.807) is 29.7 Å². The number of hydrogen-bond acceptors (Lipinski definition) is 7. The Morgan fingerprint density at radius 1 is 1.00 bits per heavy atom. The number of rotatable bonds is 6. The number of amides is 1. The number of aromatic amines is 2. The molecule has 0 spiro atoms. The van der Waals surface area contributed by atoms with Gasteiger partial charge in [-0.2, -0.15) is 5.10 Å². The van der Waals surface area contributed by atoms with E-state index in [2.05, 4.69) is 35.5 Å². The van der Waals surface area contributed by atoms with Crippen LogP contribution in [0.1, 0.15) is 5.56 Å². The van der Waals surface area contributed by atoms with Gasteiger partial charge in [-0.15, -0.1) is 0 Å². The van der Waals surface area contributed by atoms with Gasteiger partial charge in [0.25, 0.3) is 0 Å². The van der Waals surface area contributed by atoms with Gasteiger partial charge in [-0.05, 0) is 63.0 Å². The first-order valence-electron chi connectivity index (χ1n) is 12.2. The highest BCUT2D eigenvalue weighted by Crippen LogP contribution is 2.32. The second-order valence-electron chi connectivity index (χ2n) is 9.60. The number of fused-ring (bicyclic) bond motifs is 2. The molecule has 0 atom stereocenters. The van der Waals surface area contributed by atoms with Crippen molar-refractivity contribution in [3.63, 3.8) is 0 Å². The van der Waals surface area contributed by atoms with E-state index in [0.717, 1.165) is 27.6 Å². The van der Waals surface area contributed by atoms with Gasteiger partial charge in [-0.1, -0.05) is 0 Å². The van der Waals surface area contributed by atoms with Crippen molar-refractivity contribution in [3.8, 4) is 33.9 Å². The van der Waals surface area contributed by atoms with E-state index in [9.17, 15) is 9.18 Å². The molecule has 6 aromatic rings. The number of benzene rings is 1. The van der Waals surface area contributed by atoms with Gasteiger partial charge in [0.2, 0.25) is 5.91 Å². The Balaban J connectivity index is 1.39. The molecule has 3 N–H and O–H groups in total. The minimum Gasteiger partial charge on any atom is -0.336 e. The van der Waals surface area contributed by atoms with E-state index in [4.69, 9.17) is 4.98 Å². The van der Waals surface area contributed by atoms with Crippen molar-refractivity contribution in [2.75, 3.05) is 26.0 Å². The number of carbonyl (C=O) groups excluding carboxylic acids is 1. The Labute approximate surface area is 222 Å². The lowest BCUT2D eigenvalue weighted by atomic mass is 10.1. The van der Waals surface area contributed by atoms with Crippen molar-refractivity contribution in [3.05, 3.63) is 72.6 Å². The summed E-state index contributed by atoms with van der Waals surface area (Å²) >= 11 is 0. The fourth-order valence-corrected chi connectivity index (χ4v) is 4.53. The topological polar surface area (TPSA) is 128 Å². The fraction of sp³-hybridized carbons (Fsp3) is 0.143. The predicted molar refractivity (Wildman–Crippen MR) is 147 cm³/mol. The molecule has 6 rings (SSSR count). The number of H-pyrrole nitrogens is 2. The number of nitrogens with one attached hydrogen (secondary N) is 3. The van der Waals surface area contributed by atoms with Crippen LogP contribution in [0.5, 0.6) is 0 Å². The molecule has 10 nitrogen and oxygen atoms in total. The number of nitrogens with zero attached hydrogens (tertiary/aromatic N) is 6. The normalized spacial score (nSPS) is 11.5. The van der Waals surface area contributed by atoms with Gasteiger partial charge in [0, 0.05) is 35.3 Å². The molecule has 5 heterocycles. The maximum atomic E-state index is 14.1. The van der Waals surface area contributed by atoms with Crippen LogP contribution >= 0.6 is 0 Å². The standard InChI is InChI=1S/C28H24FN9O/c1-15-6-16(8-19(29)7-15)24-26-22(4-5-31-24)34-28(35-26)25-21-10-18(12-32-27(21)37-36-25)17-9-20(13-30-11-17)33-23(39)14-38(2)3/h4-13H,14H2,1-3H3,(H,33,39)(H,34,35)(H,32,36,37). The molecule has 0 fully saturated rings. The van der Waals surface area contributed by atoms with Crippen LogP contribution in [0.15, 0.2) is 61.2 Å². The van der Waals surface area contributed by atoms with Crippen LogP contribution in [-0.2, 0) is 4.79 Å². The summed E-state index contributed by atoms with van der Waals surface area (Å²) in [4.78, 5) is 35.4. The highest BCUT2D eigenvalue weighted by atomic mass is 19.1. The highest BCUT2D eigenvalue weighted by molar-refractivity contribution is 5.97. The number of anilines is 1. The molecule has 11 heteroatoms. The first-order chi connectivity index (χ1) is 18.8. The van der Waals surface area contributed by atoms with E-state index in [-0.39, 0.29) is 18.3 Å². The third-order valence-electron chi connectivity index (χ3n) is 6.17. The zero-order chi connectivity index (χ0) is 27.1. The minimum atomic E-state index is -0.327. The number of pyridine rings is 3. The highest BCUT2D eigenvalue weighted by Gasteiger charge is 2.18.